The average molecular weight is 304 g/mol. The molecule has 0 aromatic rings. The van der Waals surface area contributed by atoms with Gasteiger partial charge in [-0.2, -0.15) is 0 Å². The molecule has 2 N–H and O–H groups in total. The van der Waals surface area contributed by atoms with Crippen molar-refractivity contribution in [3.05, 3.63) is 0 Å². The van der Waals surface area contributed by atoms with E-state index in [9.17, 15) is 13.2 Å². The van der Waals surface area contributed by atoms with Crippen LogP contribution in [0, 0.1) is 5.41 Å². The molecule has 0 aromatic heterocycles. The molecule has 0 radical (unpaired) electrons. The third-order valence-corrected chi connectivity index (χ3v) is 6.30. The lowest BCUT2D eigenvalue weighted by Crippen LogP contribution is -2.54. The molecule has 2 fully saturated rings. The predicted octanol–water partition coefficient (Wildman–Crippen LogP) is -0.222. The van der Waals surface area contributed by atoms with Crippen LogP contribution in [0.2, 0.25) is 0 Å². The molecule has 1 unspecified atom stereocenters. The summed E-state index contributed by atoms with van der Waals surface area (Å²) in [6.45, 7) is 3.81. The van der Waals surface area contributed by atoms with Crippen LogP contribution in [-0.2, 0) is 19.4 Å². The van der Waals surface area contributed by atoms with E-state index in [1.54, 1.807) is 4.90 Å². The summed E-state index contributed by atoms with van der Waals surface area (Å²) < 4.78 is 28.6. The second-order valence-electron chi connectivity index (χ2n) is 5.74. The van der Waals surface area contributed by atoms with Crippen molar-refractivity contribution in [1.29, 1.82) is 0 Å². The van der Waals surface area contributed by atoms with Crippen LogP contribution in [0.4, 0.5) is 0 Å². The Morgan fingerprint density at radius 2 is 2.05 bits per heavy atom. The fraction of sp³-hybridized carbons (Fsp3) is 0.923. The van der Waals surface area contributed by atoms with Crippen LogP contribution in [0.3, 0.4) is 0 Å². The molecule has 6 nitrogen and oxygen atoms in total. The lowest BCUT2D eigenvalue weighted by molar-refractivity contribution is -0.149. The molecule has 116 valence electrons. The van der Waals surface area contributed by atoms with Crippen LogP contribution < -0.4 is 5.73 Å². The maximum absolute atomic E-state index is 12.9. The zero-order valence-electron chi connectivity index (χ0n) is 12.0. The molecule has 0 aromatic carbocycles. The van der Waals surface area contributed by atoms with Gasteiger partial charge in [-0.05, 0) is 26.2 Å². The molecular weight excluding hydrogens is 280 g/mol. The lowest BCUT2D eigenvalue weighted by atomic mass is 9.78. The topological polar surface area (TPSA) is 89.7 Å². The van der Waals surface area contributed by atoms with Crippen LogP contribution in [0.25, 0.3) is 0 Å². The summed E-state index contributed by atoms with van der Waals surface area (Å²) in [5.41, 5.74) is 5.29. The van der Waals surface area contributed by atoms with E-state index < -0.39 is 15.3 Å². The Morgan fingerprint density at radius 1 is 1.40 bits per heavy atom. The van der Waals surface area contributed by atoms with Gasteiger partial charge in [-0.15, -0.1) is 0 Å². The smallest absolute Gasteiger partial charge is 0.230 e. The molecule has 2 aliphatic heterocycles. The molecular formula is C13H24N2O4S. The van der Waals surface area contributed by atoms with Crippen LogP contribution in [0.15, 0.2) is 0 Å². The minimum atomic E-state index is -2.99. The number of carbonyl (C=O) groups excluding carboxylic acids is 1. The number of hydrogen-bond acceptors (Lipinski definition) is 5. The number of carbonyl (C=O) groups is 1. The van der Waals surface area contributed by atoms with Crippen molar-refractivity contribution in [3.8, 4) is 0 Å². The summed E-state index contributed by atoms with van der Waals surface area (Å²) in [6.07, 6.45) is 1.79. The zero-order valence-corrected chi connectivity index (χ0v) is 12.8. The van der Waals surface area contributed by atoms with Crippen LogP contribution in [-0.4, -0.2) is 63.1 Å². The molecule has 20 heavy (non-hydrogen) atoms. The summed E-state index contributed by atoms with van der Waals surface area (Å²) in [7, 11) is -2.99. The number of sulfone groups is 1. The first-order valence-electron chi connectivity index (χ1n) is 7.23. The van der Waals surface area contributed by atoms with Gasteiger partial charge in [-0.1, -0.05) is 0 Å². The standard InChI is InChI=1S/C13H24N2O4S/c1-2-15(11-3-8-20(17,18)9-11)12(16)13(10-14)4-6-19-7-5-13/h11H,2-10,14H2,1H3. The normalized spacial score (nSPS) is 28.2. The van der Waals surface area contributed by atoms with Gasteiger partial charge in [0.2, 0.25) is 5.91 Å². The predicted molar refractivity (Wildman–Crippen MR) is 76.0 cm³/mol. The first-order valence-corrected chi connectivity index (χ1v) is 9.05. The van der Waals surface area contributed by atoms with E-state index >= 15 is 0 Å². The van der Waals surface area contributed by atoms with Gasteiger partial charge in [0.25, 0.3) is 0 Å². The average Bonchev–Trinajstić information content (AvgIpc) is 2.80. The van der Waals surface area contributed by atoms with Gasteiger partial charge in [0.05, 0.1) is 16.9 Å². The fourth-order valence-electron chi connectivity index (χ4n) is 3.16. The highest BCUT2D eigenvalue weighted by atomic mass is 32.2. The van der Waals surface area contributed by atoms with E-state index in [1.807, 2.05) is 6.92 Å². The number of hydrogen-bond donors (Lipinski definition) is 1. The van der Waals surface area contributed by atoms with Crippen molar-refractivity contribution in [2.24, 2.45) is 11.1 Å². The van der Waals surface area contributed by atoms with Crippen molar-refractivity contribution in [2.75, 3.05) is 37.8 Å². The van der Waals surface area contributed by atoms with E-state index in [0.29, 0.717) is 45.6 Å². The van der Waals surface area contributed by atoms with Gasteiger partial charge in [0, 0.05) is 32.3 Å². The molecule has 0 bridgehead atoms. The highest BCUT2D eigenvalue weighted by Crippen LogP contribution is 2.33. The maximum atomic E-state index is 12.9. The van der Waals surface area contributed by atoms with Crippen molar-refractivity contribution in [2.45, 2.75) is 32.2 Å². The van der Waals surface area contributed by atoms with Crippen LogP contribution in [0.1, 0.15) is 26.2 Å². The SMILES string of the molecule is CCN(C(=O)C1(CN)CCOCC1)C1CCS(=O)(=O)C1. The maximum Gasteiger partial charge on any atom is 0.230 e. The molecule has 2 heterocycles. The van der Waals surface area contributed by atoms with E-state index in [0.717, 1.165) is 0 Å². The first-order chi connectivity index (χ1) is 9.44. The second kappa shape index (κ2) is 5.99. The van der Waals surface area contributed by atoms with E-state index in [2.05, 4.69) is 0 Å². The highest BCUT2D eigenvalue weighted by molar-refractivity contribution is 7.91. The number of nitrogens with zero attached hydrogens (tertiary/aromatic N) is 1. The quantitative estimate of drug-likeness (QED) is 0.775. The summed E-state index contributed by atoms with van der Waals surface area (Å²) in [5, 5.41) is 0. The van der Waals surface area contributed by atoms with Crippen molar-refractivity contribution in [3.63, 3.8) is 0 Å². The summed E-state index contributed by atoms with van der Waals surface area (Å²) in [5.74, 6) is 0.275. The summed E-state index contributed by atoms with van der Waals surface area (Å²) in [6, 6.07) is -0.191. The van der Waals surface area contributed by atoms with Crippen molar-refractivity contribution in [1.82, 2.24) is 4.90 Å². The van der Waals surface area contributed by atoms with Crippen molar-refractivity contribution >= 4 is 15.7 Å². The van der Waals surface area contributed by atoms with Crippen molar-refractivity contribution < 1.29 is 17.9 Å². The molecule has 0 aliphatic carbocycles. The summed E-state index contributed by atoms with van der Waals surface area (Å²) in [4.78, 5) is 14.6. The van der Waals surface area contributed by atoms with Gasteiger partial charge >= 0.3 is 0 Å². The van der Waals surface area contributed by atoms with Gasteiger partial charge < -0.3 is 15.4 Å². The molecule has 2 rings (SSSR count). The lowest BCUT2D eigenvalue weighted by Gasteiger charge is -2.40. The number of nitrogens with two attached hydrogens (primary N) is 1. The number of ether oxygens (including phenoxy) is 1. The Bertz CT molecular complexity index is 457. The van der Waals surface area contributed by atoms with Gasteiger partial charge in [-0.25, -0.2) is 8.42 Å². The third-order valence-electron chi connectivity index (χ3n) is 4.55. The number of amides is 1. The third kappa shape index (κ3) is 2.99. The van der Waals surface area contributed by atoms with E-state index in [-0.39, 0.29) is 23.5 Å². The number of rotatable bonds is 4. The Morgan fingerprint density at radius 3 is 2.50 bits per heavy atom. The van der Waals surface area contributed by atoms with E-state index in [4.69, 9.17) is 10.5 Å². The Labute approximate surface area is 120 Å². The monoisotopic (exact) mass is 304 g/mol. The van der Waals surface area contributed by atoms with Crippen LogP contribution in [0.5, 0.6) is 0 Å². The molecule has 7 heteroatoms. The minimum Gasteiger partial charge on any atom is -0.381 e. The first kappa shape index (κ1) is 15.7. The van der Waals surface area contributed by atoms with Gasteiger partial charge in [0.15, 0.2) is 9.84 Å². The Balaban J connectivity index is 2.16. The Hall–Kier alpha value is -0.660. The Kier molecular flexibility index (Phi) is 4.71. The van der Waals surface area contributed by atoms with Gasteiger partial charge in [-0.3, -0.25) is 4.79 Å². The second-order valence-corrected chi connectivity index (χ2v) is 7.97. The molecule has 0 saturated carbocycles. The van der Waals surface area contributed by atoms with E-state index in [1.165, 1.54) is 0 Å². The zero-order chi connectivity index (χ0) is 14.8. The fourth-order valence-corrected chi connectivity index (χ4v) is 4.89. The molecule has 2 saturated heterocycles. The highest BCUT2D eigenvalue weighted by Gasteiger charge is 2.44. The molecule has 2 aliphatic rings. The molecule has 1 atom stereocenters. The molecule has 0 spiro atoms. The molecule has 1 amide bonds. The van der Waals surface area contributed by atoms with Gasteiger partial charge in [0.1, 0.15) is 0 Å². The minimum absolute atomic E-state index is 0.00731. The largest absolute Gasteiger partial charge is 0.381 e. The summed E-state index contributed by atoms with van der Waals surface area (Å²) >= 11 is 0. The van der Waals surface area contributed by atoms with Crippen LogP contribution >= 0.6 is 0 Å².